The highest BCUT2D eigenvalue weighted by molar-refractivity contribution is 9.12. The van der Waals surface area contributed by atoms with E-state index in [1.165, 1.54) is 0 Å². The number of hydrogen-bond donors (Lipinski definition) is 0. The van der Waals surface area contributed by atoms with E-state index in [1.54, 1.807) is 0 Å². The lowest BCUT2D eigenvalue weighted by Crippen LogP contribution is -1.95. The zero-order valence-electron chi connectivity index (χ0n) is 8.05. The molecule has 0 spiro atoms. The van der Waals surface area contributed by atoms with E-state index < -0.39 is 0 Å². The van der Waals surface area contributed by atoms with Gasteiger partial charge < -0.3 is 0 Å². The zero-order valence-corrected chi connectivity index (χ0v) is 13.6. The van der Waals surface area contributed by atoms with Crippen molar-refractivity contribution in [1.82, 2.24) is 4.98 Å². The summed E-state index contributed by atoms with van der Waals surface area (Å²) in [6.07, 6.45) is 0. The summed E-state index contributed by atoms with van der Waals surface area (Å²) >= 11 is 16.5. The molecule has 2 aromatic rings. The maximum Gasteiger partial charge on any atom is 0.134 e. The van der Waals surface area contributed by atoms with E-state index in [2.05, 4.69) is 58.8 Å². The van der Waals surface area contributed by atoms with E-state index in [4.69, 9.17) is 11.6 Å². The molecule has 0 bridgehead atoms. The molecule has 84 valence electrons. The molecule has 0 N–H and O–H groups in total. The summed E-state index contributed by atoms with van der Waals surface area (Å²) in [4.78, 5) is 4.57. The van der Waals surface area contributed by atoms with E-state index in [-0.39, 0.29) is 4.83 Å². The van der Waals surface area contributed by atoms with Crippen LogP contribution in [0, 0.1) is 0 Å². The minimum absolute atomic E-state index is 0.181. The molecule has 2 rings (SSSR count). The van der Waals surface area contributed by atoms with Gasteiger partial charge in [0.25, 0.3) is 0 Å². The number of fused-ring (bicyclic) bond motifs is 1. The van der Waals surface area contributed by atoms with E-state index in [0.29, 0.717) is 5.15 Å². The summed E-state index contributed by atoms with van der Waals surface area (Å²) in [5, 5.41) is 2.44. The molecular weight excluding hydrogens is 421 g/mol. The predicted octanol–water partition coefficient (Wildman–Crippen LogP) is 5.48. The third-order valence-corrected chi connectivity index (χ3v) is 5.36. The van der Waals surface area contributed by atoms with Gasteiger partial charge in [0.1, 0.15) is 5.15 Å². The van der Waals surface area contributed by atoms with Crippen LogP contribution < -0.4 is 0 Å². The average Bonchev–Trinajstić information content (AvgIpc) is 2.27. The van der Waals surface area contributed by atoms with Gasteiger partial charge in [-0.2, -0.15) is 0 Å². The van der Waals surface area contributed by atoms with Crippen LogP contribution in [-0.2, 0) is 0 Å². The van der Waals surface area contributed by atoms with Gasteiger partial charge in [0.05, 0.1) is 10.3 Å². The first-order valence-electron chi connectivity index (χ1n) is 4.57. The third-order valence-electron chi connectivity index (χ3n) is 2.23. The van der Waals surface area contributed by atoms with Crippen molar-refractivity contribution in [2.45, 2.75) is 4.83 Å². The second-order valence-electron chi connectivity index (χ2n) is 3.33. The molecule has 0 aliphatic carbocycles. The van der Waals surface area contributed by atoms with Crippen molar-refractivity contribution in [2.75, 3.05) is 5.33 Å². The molecule has 1 nitrogen and oxygen atoms in total. The van der Waals surface area contributed by atoms with Crippen molar-refractivity contribution < 1.29 is 0 Å². The molecule has 0 fully saturated rings. The topological polar surface area (TPSA) is 12.9 Å². The zero-order chi connectivity index (χ0) is 11.7. The number of aromatic nitrogens is 1. The SMILES string of the molecule is Clc1nc2cc(Br)ccc2cc1C(Br)CBr. The number of pyridine rings is 1. The minimum Gasteiger partial charge on any atom is -0.236 e. The molecular formula is C11H7Br3ClN. The Labute approximate surface area is 124 Å². The molecule has 0 aliphatic heterocycles. The van der Waals surface area contributed by atoms with Gasteiger partial charge in [-0.1, -0.05) is 65.5 Å². The highest BCUT2D eigenvalue weighted by Crippen LogP contribution is 2.32. The van der Waals surface area contributed by atoms with Crippen LogP contribution in [0.4, 0.5) is 0 Å². The molecule has 1 atom stereocenters. The van der Waals surface area contributed by atoms with Crippen molar-refractivity contribution in [2.24, 2.45) is 0 Å². The van der Waals surface area contributed by atoms with Gasteiger partial charge in [0, 0.05) is 20.8 Å². The Morgan fingerprint density at radius 3 is 2.75 bits per heavy atom. The summed E-state index contributed by atoms with van der Waals surface area (Å²) < 4.78 is 1.01. The van der Waals surface area contributed by atoms with Crippen molar-refractivity contribution in [3.8, 4) is 0 Å². The molecule has 0 saturated heterocycles. The Kier molecular flexibility index (Phi) is 4.27. The van der Waals surface area contributed by atoms with Gasteiger partial charge in [-0.25, -0.2) is 4.98 Å². The number of alkyl halides is 2. The molecule has 16 heavy (non-hydrogen) atoms. The molecule has 1 unspecified atom stereocenters. The van der Waals surface area contributed by atoms with E-state index in [0.717, 1.165) is 26.3 Å². The van der Waals surface area contributed by atoms with Crippen molar-refractivity contribution >= 4 is 70.3 Å². The van der Waals surface area contributed by atoms with Gasteiger partial charge in [0.2, 0.25) is 0 Å². The third kappa shape index (κ3) is 2.61. The van der Waals surface area contributed by atoms with E-state index in [9.17, 15) is 0 Å². The van der Waals surface area contributed by atoms with Crippen molar-refractivity contribution in [1.29, 1.82) is 0 Å². The highest BCUT2D eigenvalue weighted by atomic mass is 79.9. The number of rotatable bonds is 2. The van der Waals surface area contributed by atoms with Gasteiger partial charge in [0.15, 0.2) is 0 Å². The van der Waals surface area contributed by atoms with Gasteiger partial charge in [-0.3, -0.25) is 0 Å². The number of halogens is 4. The molecule has 1 aromatic carbocycles. The molecule has 0 saturated carbocycles. The minimum atomic E-state index is 0.181. The summed E-state index contributed by atoms with van der Waals surface area (Å²) in [5.74, 6) is 0. The van der Waals surface area contributed by atoms with Crippen LogP contribution in [0.15, 0.2) is 28.7 Å². The van der Waals surface area contributed by atoms with Crippen LogP contribution in [0.5, 0.6) is 0 Å². The Bertz CT molecular complexity index is 530. The molecule has 1 aromatic heterocycles. The molecule has 0 radical (unpaired) electrons. The molecule has 0 amide bonds. The second kappa shape index (κ2) is 5.34. The van der Waals surface area contributed by atoms with Gasteiger partial charge in [-0.05, 0) is 18.2 Å². The van der Waals surface area contributed by atoms with Crippen LogP contribution in [0.3, 0.4) is 0 Å². The Hall–Kier alpha value is 0.360. The lowest BCUT2D eigenvalue weighted by Gasteiger charge is -2.09. The largest absolute Gasteiger partial charge is 0.236 e. The van der Waals surface area contributed by atoms with E-state index in [1.807, 2.05) is 18.2 Å². The second-order valence-corrected chi connectivity index (χ2v) is 6.35. The van der Waals surface area contributed by atoms with Crippen LogP contribution >= 0.6 is 59.4 Å². The van der Waals surface area contributed by atoms with Gasteiger partial charge >= 0.3 is 0 Å². The predicted molar refractivity (Wildman–Crippen MR) is 79.9 cm³/mol. The Morgan fingerprint density at radius 1 is 1.31 bits per heavy atom. The lowest BCUT2D eigenvalue weighted by atomic mass is 10.1. The number of hydrogen-bond acceptors (Lipinski definition) is 1. The highest BCUT2D eigenvalue weighted by Gasteiger charge is 2.12. The monoisotopic (exact) mass is 425 g/mol. The fraction of sp³-hybridized carbons (Fsp3) is 0.182. The standard InChI is InChI=1S/C11H7Br3ClN/c12-5-9(14)8-3-6-1-2-7(13)4-10(6)16-11(8)15/h1-4,9H,5H2. The first kappa shape index (κ1) is 12.8. The maximum absolute atomic E-state index is 6.15. The van der Waals surface area contributed by atoms with Crippen LogP contribution in [-0.4, -0.2) is 10.3 Å². The fourth-order valence-electron chi connectivity index (χ4n) is 1.44. The fourth-order valence-corrected chi connectivity index (χ4v) is 2.89. The first-order chi connectivity index (χ1) is 7.61. The smallest absolute Gasteiger partial charge is 0.134 e. The summed E-state index contributed by atoms with van der Waals surface area (Å²) in [7, 11) is 0. The van der Waals surface area contributed by atoms with E-state index >= 15 is 0 Å². The summed E-state index contributed by atoms with van der Waals surface area (Å²) in [5.41, 5.74) is 1.91. The quantitative estimate of drug-likeness (QED) is 0.456. The van der Waals surface area contributed by atoms with Crippen molar-refractivity contribution in [3.05, 3.63) is 39.5 Å². The number of nitrogens with zero attached hydrogens (tertiary/aromatic N) is 1. The Morgan fingerprint density at radius 2 is 2.06 bits per heavy atom. The lowest BCUT2D eigenvalue weighted by molar-refractivity contribution is 1.13. The normalized spacial score (nSPS) is 13.0. The molecule has 5 heteroatoms. The van der Waals surface area contributed by atoms with Crippen molar-refractivity contribution in [3.63, 3.8) is 0 Å². The van der Waals surface area contributed by atoms with Crippen LogP contribution in [0.1, 0.15) is 10.4 Å². The van der Waals surface area contributed by atoms with Crippen LogP contribution in [0.25, 0.3) is 10.9 Å². The maximum atomic E-state index is 6.15. The average molecular weight is 428 g/mol. The van der Waals surface area contributed by atoms with Gasteiger partial charge in [-0.15, -0.1) is 0 Å². The number of benzene rings is 1. The molecule has 1 heterocycles. The molecule has 0 aliphatic rings. The van der Waals surface area contributed by atoms with Crippen LogP contribution in [0.2, 0.25) is 5.15 Å². The Balaban J connectivity index is 2.62. The summed E-state index contributed by atoms with van der Waals surface area (Å²) in [6.45, 7) is 0. The first-order valence-corrected chi connectivity index (χ1v) is 7.78. The summed E-state index contributed by atoms with van der Waals surface area (Å²) in [6, 6.07) is 8.05.